The minimum atomic E-state index is -2.80. The van der Waals surface area contributed by atoms with Gasteiger partial charge in [-0.1, -0.05) is 12.1 Å². The summed E-state index contributed by atoms with van der Waals surface area (Å²) in [6.45, 7) is 1.21. The summed E-state index contributed by atoms with van der Waals surface area (Å²) in [5.41, 5.74) is 0.991. The molecule has 0 bridgehead atoms. The Morgan fingerprint density at radius 3 is 2.30 bits per heavy atom. The van der Waals surface area contributed by atoms with E-state index in [2.05, 4.69) is 10.1 Å². The molecule has 2 atom stereocenters. The maximum absolute atomic E-state index is 12.1. The van der Waals surface area contributed by atoms with E-state index in [1.807, 2.05) is 26.0 Å². The van der Waals surface area contributed by atoms with Crippen LogP contribution in [0.25, 0.3) is 0 Å². The molecule has 0 saturated carbocycles. The first kappa shape index (κ1) is 14.5. The number of alkyl halides is 2. The molecule has 108 valence electrons. The average molecular weight is 281 g/mol. The molecule has 0 amide bonds. The molecule has 0 spiro atoms. The Kier molecular flexibility index (Phi) is 4.74. The Bertz CT molecular complexity index is 511. The van der Waals surface area contributed by atoms with E-state index in [4.69, 9.17) is 4.42 Å². The van der Waals surface area contributed by atoms with Crippen molar-refractivity contribution in [1.82, 2.24) is 5.32 Å². The van der Waals surface area contributed by atoms with Crippen LogP contribution < -0.4 is 10.1 Å². The van der Waals surface area contributed by atoms with Crippen LogP contribution in [0.2, 0.25) is 0 Å². The highest BCUT2D eigenvalue weighted by Crippen LogP contribution is 2.22. The summed E-state index contributed by atoms with van der Waals surface area (Å²) in [4.78, 5) is 0. The Morgan fingerprint density at radius 2 is 1.75 bits per heavy atom. The normalized spacial score (nSPS) is 14.2. The largest absolute Gasteiger partial charge is 0.468 e. The minimum absolute atomic E-state index is 0.0655. The van der Waals surface area contributed by atoms with Crippen molar-refractivity contribution < 1.29 is 17.9 Å². The van der Waals surface area contributed by atoms with Gasteiger partial charge in [-0.05, 0) is 43.7 Å². The molecule has 0 fully saturated rings. The first-order chi connectivity index (χ1) is 9.56. The van der Waals surface area contributed by atoms with Gasteiger partial charge >= 0.3 is 6.61 Å². The number of ether oxygens (including phenoxy) is 1. The Hall–Kier alpha value is -1.88. The van der Waals surface area contributed by atoms with E-state index in [0.717, 1.165) is 11.3 Å². The summed E-state index contributed by atoms with van der Waals surface area (Å²) >= 11 is 0. The molecule has 0 aliphatic carbocycles. The lowest BCUT2D eigenvalue weighted by Crippen LogP contribution is -2.22. The number of hydrogen-bond donors (Lipinski definition) is 1. The monoisotopic (exact) mass is 281 g/mol. The topological polar surface area (TPSA) is 34.4 Å². The highest BCUT2D eigenvalue weighted by molar-refractivity contribution is 5.29. The maximum Gasteiger partial charge on any atom is 0.387 e. The highest BCUT2D eigenvalue weighted by Gasteiger charge is 2.13. The van der Waals surface area contributed by atoms with E-state index in [1.165, 1.54) is 12.1 Å². The van der Waals surface area contributed by atoms with E-state index in [9.17, 15) is 8.78 Å². The van der Waals surface area contributed by atoms with E-state index >= 15 is 0 Å². The van der Waals surface area contributed by atoms with Gasteiger partial charge in [0.15, 0.2) is 0 Å². The molecule has 1 heterocycles. The van der Waals surface area contributed by atoms with Crippen molar-refractivity contribution in [3.8, 4) is 5.75 Å². The second kappa shape index (κ2) is 6.52. The van der Waals surface area contributed by atoms with Gasteiger partial charge in [0.1, 0.15) is 11.5 Å². The third-order valence-corrected chi connectivity index (χ3v) is 3.08. The van der Waals surface area contributed by atoms with E-state index in [-0.39, 0.29) is 17.8 Å². The molecule has 2 aromatic rings. The van der Waals surface area contributed by atoms with Gasteiger partial charge in [0, 0.05) is 6.04 Å². The maximum atomic E-state index is 12.1. The molecular weight excluding hydrogens is 264 g/mol. The Labute approximate surface area is 116 Å². The molecule has 0 radical (unpaired) electrons. The van der Waals surface area contributed by atoms with Crippen molar-refractivity contribution in [1.29, 1.82) is 0 Å². The zero-order valence-corrected chi connectivity index (χ0v) is 11.3. The quantitative estimate of drug-likeness (QED) is 0.857. The zero-order valence-electron chi connectivity index (χ0n) is 11.3. The van der Waals surface area contributed by atoms with Crippen molar-refractivity contribution in [2.45, 2.75) is 32.5 Å². The van der Waals surface area contributed by atoms with Crippen LogP contribution in [0.15, 0.2) is 47.1 Å². The first-order valence-electron chi connectivity index (χ1n) is 6.40. The van der Waals surface area contributed by atoms with Crippen LogP contribution in [0.4, 0.5) is 8.78 Å². The lowest BCUT2D eigenvalue weighted by Gasteiger charge is -2.19. The summed E-state index contributed by atoms with van der Waals surface area (Å²) in [7, 11) is 0. The van der Waals surface area contributed by atoms with Crippen LogP contribution >= 0.6 is 0 Å². The average Bonchev–Trinajstić information content (AvgIpc) is 2.92. The van der Waals surface area contributed by atoms with Crippen LogP contribution in [-0.2, 0) is 0 Å². The third-order valence-electron chi connectivity index (χ3n) is 3.08. The van der Waals surface area contributed by atoms with Gasteiger partial charge in [-0.3, -0.25) is 0 Å². The van der Waals surface area contributed by atoms with E-state index in [0.29, 0.717) is 0 Å². The second-order valence-electron chi connectivity index (χ2n) is 4.57. The molecule has 0 aliphatic rings. The first-order valence-corrected chi connectivity index (χ1v) is 6.40. The fourth-order valence-electron chi connectivity index (χ4n) is 2.03. The van der Waals surface area contributed by atoms with Crippen LogP contribution in [0, 0.1) is 0 Å². The fourth-order valence-corrected chi connectivity index (χ4v) is 2.03. The van der Waals surface area contributed by atoms with Gasteiger partial charge in [-0.25, -0.2) is 0 Å². The standard InChI is InChI=1S/C15H17F2NO2/c1-10(18-11(2)14-4-3-9-19-14)12-5-7-13(8-6-12)20-15(16)17/h3-11,15,18H,1-2H3. The molecular formula is C15H17F2NO2. The summed E-state index contributed by atoms with van der Waals surface area (Å²) in [5.74, 6) is 1.02. The number of hydrogen-bond acceptors (Lipinski definition) is 3. The lowest BCUT2D eigenvalue weighted by atomic mass is 10.1. The molecule has 5 heteroatoms. The Balaban J connectivity index is 1.97. The van der Waals surface area contributed by atoms with Crippen molar-refractivity contribution in [3.63, 3.8) is 0 Å². The number of furan rings is 1. The molecule has 0 aliphatic heterocycles. The summed E-state index contributed by atoms with van der Waals surface area (Å²) in [6.07, 6.45) is 1.63. The highest BCUT2D eigenvalue weighted by atomic mass is 19.3. The third kappa shape index (κ3) is 3.81. The van der Waals surface area contributed by atoms with Crippen molar-refractivity contribution >= 4 is 0 Å². The van der Waals surface area contributed by atoms with Gasteiger partial charge in [0.25, 0.3) is 0 Å². The minimum Gasteiger partial charge on any atom is -0.468 e. The molecule has 2 rings (SSSR count). The molecule has 0 saturated heterocycles. The van der Waals surface area contributed by atoms with E-state index in [1.54, 1.807) is 18.4 Å². The second-order valence-corrected chi connectivity index (χ2v) is 4.57. The predicted octanol–water partition coefficient (Wildman–Crippen LogP) is 4.29. The summed E-state index contributed by atoms with van der Waals surface area (Å²) in [6, 6.07) is 10.5. The van der Waals surface area contributed by atoms with Crippen LogP contribution in [0.5, 0.6) is 5.75 Å². The molecule has 1 N–H and O–H groups in total. The van der Waals surface area contributed by atoms with Crippen molar-refractivity contribution in [2.24, 2.45) is 0 Å². The lowest BCUT2D eigenvalue weighted by molar-refractivity contribution is -0.0498. The molecule has 1 aromatic carbocycles. The number of rotatable bonds is 6. The van der Waals surface area contributed by atoms with Crippen LogP contribution in [0.3, 0.4) is 0 Å². The molecule has 1 aromatic heterocycles. The van der Waals surface area contributed by atoms with E-state index < -0.39 is 6.61 Å². The summed E-state index contributed by atoms with van der Waals surface area (Å²) in [5, 5.41) is 3.38. The Morgan fingerprint density at radius 1 is 1.05 bits per heavy atom. The smallest absolute Gasteiger partial charge is 0.387 e. The van der Waals surface area contributed by atoms with Gasteiger partial charge in [0.05, 0.1) is 12.3 Å². The fraction of sp³-hybridized carbons (Fsp3) is 0.333. The predicted molar refractivity (Wildman–Crippen MR) is 71.7 cm³/mol. The van der Waals surface area contributed by atoms with Gasteiger partial charge in [-0.2, -0.15) is 8.78 Å². The number of benzene rings is 1. The van der Waals surface area contributed by atoms with Crippen LogP contribution in [0.1, 0.15) is 37.3 Å². The van der Waals surface area contributed by atoms with Crippen molar-refractivity contribution in [2.75, 3.05) is 0 Å². The number of halogens is 2. The van der Waals surface area contributed by atoms with Gasteiger partial charge in [0.2, 0.25) is 0 Å². The molecule has 20 heavy (non-hydrogen) atoms. The zero-order chi connectivity index (χ0) is 14.5. The van der Waals surface area contributed by atoms with Crippen LogP contribution in [-0.4, -0.2) is 6.61 Å². The number of nitrogens with one attached hydrogen (secondary N) is 1. The molecule has 3 nitrogen and oxygen atoms in total. The SMILES string of the molecule is CC(NC(C)c1ccco1)c1ccc(OC(F)F)cc1. The van der Waals surface area contributed by atoms with Crippen molar-refractivity contribution in [3.05, 3.63) is 54.0 Å². The van der Waals surface area contributed by atoms with Gasteiger partial charge < -0.3 is 14.5 Å². The molecule has 2 unspecified atom stereocenters. The van der Waals surface area contributed by atoms with Gasteiger partial charge in [-0.15, -0.1) is 0 Å². The summed E-state index contributed by atoms with van der Waals surface area (Å²) < 4.78 is 33.8.